The average Bonchev–Trinajstić information content (AvgIpc) is 3.30. The summed E-state index contributed by atoms with van der Waals surface area (Å²) in [4.78, 5) is 25.5. The van der Waals surface area contributed by atoms with Crippen molar-refractivity contribution < 1.29 is 23.8 Å². The largest absolute Gasteiger partial charge is 0.462 e. The lowest BCUT2D eigenvalue weighted by Gasteiger charge is -2.18. The minimum Gasteiger partial charge on any atom is -0.462 e. The number of ether oxygens (including phenoxy) is 3. The van der Waals surface area contributed by atoms with E-state index in [0.717, 1.165) is 57.8 Å². The Kier molecular flexibility index (Phi) is 53.3. The van der Waals surface area contributed by atoms with Crippen LogP contribution in [0.2, 0.25) is 0 Å². The molecule has 0 rings (SSSR count). The van der Waals surface area contributed by atoms with E-state index in [1.54, 1.807) is 0 Å². The summed E-state index contributed by atoms with van der Waals surface area (Å²) in [6.45, 7) is 7.77. The monoisotopic (exact) mass is 897 g/mol. The number of carbonyl (C=O) groups is 2. The van der Waals surface area contributed by atoms with Crippen molar-refractivity contribution in [1.29, 1.82) is 0 Å². The van der Waals surface area contributed by atoms with Crippen molar-refractivity contribution >= 4 is 11.9 Å². The van der Waals surface area contributed by atoms with Crippen LogP contribution in [0, 0.1) is 0 Å². The predicted molar refractivity (Wildman–Crippen MR) is 279 cm³/mol. The highest BCUT2D eigenvalue weighted by atomic mass is 16.6. The van der Waals surface area contributed by atoms with Gasteiger partial charge in [-0.3, -0.25) is 9.59 Å². The second-order valence-corrected chi connectivity index (χ2v) is 18.8. The smallest absolute Gasteiger partial charge is 0.306 e. The molecule has 0 saturated heterocycles. The topological polar surface area (TPSA) is 61.8 Å². The van der Waals surface area contributed by atoms with Crippen molar-refractivity contribution in [3.05, 3.63) is 48.6 Å². The van der Waals surface area contributed by atoms with Crippen molar-refractivity contribution in [2.75, 3.05) is 19.8 Å². The summed E-state index contributed by atoms with van der Waals surface area (Å²) in [5.74, 6) is -0.405. The van der Waals surface area contributed by atoms with Gasteiger partial charge in [-0.05, 0) is 77.0 Å². The van der Waals surface area contributed by atoms with Crippen LogP contribution in [-0.2, 0) is 23.8 Å². The molecule has 64 heavy (non-hydrogen) atoms. The molecule has 0 aliphatic carbocycles. The minimum atomic E-state index is -0.542. The van der Waals surface area contributed by atoms with Gasteiger partial charge in [-0.2, -0.15) is 0 Å². The van der Waals surface area contributed by atoms with Crippen LogP contribution in [0.15, 0.2) is 48.6 Å². The highest BCUT2D eigenvalue weighted by Crippen LogP contribution is 2.16. The van der Waals surface area contributed by atoms with Crippen molar-refractivity contribution in [2.45, 2.75) is 297 Å². The van der Waals surface area contributed by atoms with E-state index < -0.39 is 6.10 Å². The molecule has 0 aromatic heterocycles. The maximum Gasteiger partial charge on any atom is 0.306 e. The van der Waals surface area contributed by atoms with Gasteiger partial charge in [0.1, 0.15) is 6.61 Å². The van der Waals surface area contributed by atoms with Gasteiger partial charge in [0.15, 0.2) is 6.10 Å². The number of carbonyl (C=O) groups excluding carboxylic acids is 2. The van der Waals surface area contributed by atoms with Crippen LogP contribution in [0.4, 0.5) is 0 Å². The van der Waals surface area contributed by atoms with Crippen molar-refractivity contribution in [3.8, 4) is 0 Å². The van der Waals surface area contributed by atoms with Crippen LogP contribution < -0.4 is 0 Å². The Hall–Kier alpha value is -2.14. The summed E-state index contributed by atoms with van der Waals surface area (Å²) in [5, 5.41) is 0. The van der Waals surface area contributed by atoms with Gasteiger partial charge in [-0.15, -0.1) is 0 Å². The summed E-state index contributed by atoms with van der Waals surface area (Å²) < 4.78 is 17.5. The number of esters is 2. The summed E-state index contributed by atoms with van der Waals surface area (Å²) >= 11 is 0. The molecule has 0 aromatic rings. The first-order chi connectivity index (χ1) is 31.6. The van der Waals surface area contributed by atoms with Gasteiger partial charge in [0.25, 0.3) is 0 Å². The summed E-state index contributed by atoms with van der Waals surface area (Å²) in [6, 6.07) is 0. The molecule has 0 aliphatic rings. The lowest BCUT2D eigenvalue weighted by atomic mass is 10.0. The van der Waals surface area contributed by atoms with Gasteiger partial charge in [-0.1, -0.05) is 249 Å². The van der Waals surface area contributed by atoms with Crippen LogP contribution in [0.3, 0.4) is 0 Å². The molecule has 0 N–H and O–H groups in total. The molecule has 0 heterocycles. The highest BCUT2D eigenvalue weighted by Gasteiger charge is 2.17. The van der Waals surface area contributed by atoms with E-state index in [9.17, 15) is 9.59 Å². The van der Waals surface area contributed by atoms with E-state index in [4.69, 9.17) is 14.2 Å². The molecule has 0 amide bonds. The quantitative estimate of drug-likeness (QED) is 0.0346. The summed E-state index contributed by atoms with van der Waals surface area (Å²) in [5.41, 5.74) is 0. The Morgan fingerprint density at radius 2 is 0.688 bits per heavy atom. The maximum absolute atomic E-state index is 12.8. The molecule has 374 valence electrons. The van der Waals surface area contributed by atoms with Crippen LogP contribution in [-0.4, -0.2) is 37.9 Å². The van der Waals surface area contributed by atoms with Crippen molar-refractivity contribution in [1.82, 2.24) is 0 Å². The van der Waals surface area contributed by atoms with E-state index in [-0.39, 0.29) is 25.2 Å². The van der Waals surface area contributed by atoms with Gasteiger partial charge < -0.3 is 14.2 Å². The van der Waals surface area contributed by atoms with E-state index in [1.165, 1.54) is 199 Å². The van der Waals surface area contributed by atoms with Crippen LogP contribution in [0.5, 0.6) is 0 Å². The zero-order valence-corrected chi connectivity index (χ0v) is 43.1. The van der Waals surface area contributed by atoms with E-state index in [0.29, 0.717) is 19.4 Å². The third-order valence-electron chi connectivity index (χ3n) is 12.3. The van der Waals surface area contributed by atoms with Gasteiger partial charge in [0.05, 0.1) is 6.61 Å². The molecule has 0 bridgehead atoms. The van der Waals surface area contributed by atoms with Crippen LogP contribution >= 0.6 is 0 Å². The number of hydrogen-bond acceptors (Lipinski definition) is 5. The Labute approximate surface area is 399 Å². The molecule has 0 fully saturated rings. The van der Waals surface area contributed by atoms with Gasteiger partial charge in [-0.25, -0.2) is 0 Å². The SMILES string of the molecule is CCC/C=C\C/C=C\CCCCCCCC(=O)OC(COCCCCCCCCCCCCCCCCCC)COC(=O)CCCCCCCCCCC/C=C\C/C=C\CCCCC. The molecule has 5 nitrogen and oxygen atoms in total. The number of rotatable bonds is 52. The number of unbranched alkanes of at least 4 members (excludes halogenated alkanes) is 33. The second-order valence-electron chi connectivity index (χ2n) is 18.8. The molecule has 1 unspecified atom stereocenters. The molecular formula is C59H108O5. The predicted octanol–water partition coefficient (Wildman–Crippen LogP) is 19.1. The fraction of sp³-hybridized carbons (Fsp3) is 0.831. The second kappa shape index (κ2) is 55.2. The molecule has 0 saturated carbocycles. The number of allylic oxidation sites excluding steroid dienone is 8. The Bertz CT molecular complexity index is 1060. The van der Waals surface area contributed by atoms with E-state index in [2.05, 4.69) is 69.4 Å². The standard InChI is InChI=1S/C59H108O5/c1-4-7-10-13-16-19-22-25-27-29-30-31-32-35-37-40-43-46-49-52-58(60)63-56-57(64-59(61)53-50-47-44-41-38-34-24-21-18-15-12-9-6-3)55-62-54-51-48-45-42-39-36-33-28-26-23-20-17-14-11-8-5-2/h12,15-16,19,21,24-25,27,57H,4-11,13-14,17-18,20,22-23,26,28-56H2,1-3H3/b15-12-,19-16-,24-21-,27-25-. The average molecular weight is 898 g/mol. The summed E-state index contributed by atoms with van der Waals surface area (Å²) in [6.07, 6.45) is 68.4. The first-order valence-electron chi connectivity index (χ1n) is 28.2. The molecular weight excluding hydrogens is 789 g/mol. The first kappa shape index (κ1) is 61.9. The molecule has 0 radical (unpaired) electrons. The van der Waals surface area contributed by atoms with Crippen LogP contribution in [0.1, 0.15) is 290 Å². The van der Waals surface area contributed by atoms with Crippen LogP contribution in [0.25, 0.3) is 0 Å². The maximum atomic E-state index is 12.8. The fourth-order valence-electron chi connectivity index (χ4n) is 8.11. The molecule has 1 atom stereocenters. The third-order valence-corrected chi connectivity index (χ3v) is 12.3. The normalized spacial score (nSPS) is 12.5. The van der Waals surface area contributed by atoms with Crippen molar-refractivity contribution in [2.24, 2.45) is 0 Å². The van der Waals surface area contributed by atoms with E-state index >= 15 is 0 Å². The lowest BCUT2D eigenvalue weighted by molar-refractivity contribution is -0.163. The van der Waals surface area contributed by atoms with Gasteiger partial charge in [0, 0.05) is 19.4 Å². The molecule has 0 aliphatic heterocycles. The van der Waals surface area contributed by atoms with Crippen molar-refractivity contribution in [3.63, 3.8) is 0 Å². The summed E-state index contributed by atoms with van der Waals surface area (Å²) in [7, 11) is 0. The highest BCUT2D eigenvalue weighted by molar-refractivity contribution is 5.70. The minimum absolute atomic E-state index is 0.0808. The Morgan fingerprint density at radius 1 is 0.344 bits per heavy atom. The third kappa shape index (κ3) is 52.5. The first-order valence-corrected chi connectivity index (χ1v) is 28.2. The van der Waals surface area contributed by atoms with Gasteiger partial charge >= 0.3 is 11.9 Å². The zero-order valence-electron chi connectivity index (χ0n) is 43.1. The molecule has 0 spiro atoms. The molecule has 5 heteroatoms. The van der Waals surface area contributed by atoms with Gasteiger partial charge in [0.2, 0.25) is 0 Å². The fourth-order valence-corrected chi connectivity index (χ4v) is 8.11. The zero-order chi connectivity index (χ0) is 46.3. The Morgan fingerprint density at radius 3 is 1.12 bits per heavy atom. The van der Waals surface area contributed by atoms with E-state index in [1.807, 2.05) is 0 Å². The molecule has 0 aromatic carbocycles. The lowest BCUT2D eigenvalue weighted by Crippen LogP contribution is -2.30. The Balaban J connectivity index is 4.23. The number of hydrogen-bond donors (Lipinski definition) is 0.